The first-order valence-electron chi connectivity index (χ1n) is 6.10. The van der Waals surface area contributed by atoms with Crippen molar-refractivity contribution in [1.82, 2.24) is 0 Å². The van der Waals surface area contributed by atoms with Crippen LogP contribution < -0.4 is 9.47 Å². The van der Waals surface area contributed by atoms with Crippen molar-refractivity contribution in [3.63, 3.8) is 0 Å². The molecule has 4 heteroatoms. The van der Waals surface area contributed by atoms with Gasteiger partial charge in [-0.1, -0.05) is 28.1 Å². The summed E-state index contributed by atoms with van der Waals surface area (Å²) in [6.07, 6.45) is 0. The topological polar surface area (TPSA) is 35.5 Å². The van der Waals surface area contributed by atoms with Gasteiger partial charge in [0.2, 0.25) is 0 Å². The highest BCUT2D eigenvalue weighted by molar-refractivity contribution is 9.10. The van der Waals surface area contributed by atoms with Gasteiger partial charge in [0.15, 0.2) is 5.78 Å². The lowest BCUT2D eigenvalue weighted by atomic mass is 9.98. The van der Waals surface area contributed by atoms with Crippen molar-refractivity contribution in [2.75, 3.05) is 14.2 Å². The molecule has 3 nitrogen and oxygen atoms in total. The van der Waals surface area contributed by atoms with Crippen LogP contribution in [0.3, 0.4) is 0 Å². The van der Waals surface area contributed by atoms with Crippen LogP contribution in [-0.2, 0) is 0 Å². The molecule has 0 amide bonds. The SMILES string of the molecule is COc1ccc(OC)c(C(=O)c2cccc(Br)c2C)c1. The summed E-state index contributed by atoms with van der Waals surface area (Å²) in [7, 11) is 3.12. The number of ketones is 1. The molecule has 2 aromatic carbocycles. The molecule has 0 radical (unpaired) electrons. The molecule has 0 saturated heterocycles. The number of ether oxygens (including phenoxy) is 2. The van der Waals surface area contributed by atoms with E-state index in [-0.39, 0.29) is 5.78 Å². The monoisotopic (exact) mass is 334 g/mol. The first-order valence-corrected chi connectivity index (χ1v) is 6.89. The fourth-order valence-corrected chi connectivity index (χ4v) is 2.36. The Morgan fingerprint density at radius 2 is 1.80 bits per heavy atom. The minimum Gasteiger partial charge on any atom is -0.497 e. The molecule has 20 heavy (non-hydrogen) atoms. The van der Waals surface area contributed by atoms with E-state index in [4.69, 9.17) is 9.47 Å². The molecule has 0 bridgehead atoms. The van der Waals surface area contributed by atoms with Gasteiger partial charge in [-0.05, 0) is 36.8 Å². The summed E-state index contributed by atoms with van der Waals surface area (Å²) in [5.74, 6) is 1.08. The van der Waals surface area contributed by atoms with Gasteiger partial charge < -0.3 is 9.47 Å². The smallest absolute Gasteiger partial charge is 0.197 e. The third-order valence-corrected chi connectivity index (χ3v) is 4.02. The van der Waals surface area contributed by atoms with Gasteiger partial charge in [0.1, 0.15) is 11.5 Å². The van der Waals surface area contributed by atoms with E-state index in [1.165, 1.54) is 0 Å². The number of hydrogen-bond acceptors (Lipinski definition) is 3. The van der Waals surface area contributed by atoms with Crippen LogP contribution in [0.4, 0.5) is 0 Å². The van der Waals surface area contributed by atoms with Crippen LogP contribution in [-0.4, -0.2) is 20.0 Å². The maximum absolute atomic E-state index is 12.7. The summed E-state index contributed by atoms with van der Waals surface area (Å²) in [5, 5.41) is 0. The van der Waals surface area contributed by atoms with Gasteiger partial charge in [-0.2, -0.15) is 0 Å². The lowest BCUT2D eigenvalue weighted by Crippen LogP contribution is -2.06. The zero-order valence-corrected chi connectivity index (χ0v) is 13.2. The zero-order chi connectivity index (χ0) is 14.7. The van der Waals surface area contributed by atoms with Crippen LogP contribution in [0.25, 0.3) is 0 Å². The summed E-state index contributed by atoms with van der Waals surface area (Å²) in [5.41, 5.74) is 2.04. The molecular weight excluding hydrogens is 320 g/mol. The molecule has 0 atom stereocenters. The Morgan fingerprint density at radius 3 is 2.45 bits per heavy atom. The highest BCUT2D eigenvalue weighted by Crippen LogP contribution is 2.29. The average Bonchev–Trinajstić information content (AvgIpc) is 2.48. The number of rotatable bonds is 4. The molecule has 2 aromatic rings. The minimum atomic E-state index is -0.0837. The second-order valence-electron chi connectivity index (χ2n) is 4.31. The molecule has 0 saturated carbocycles. The number of methoxy groups -OCH3 is 2. The highest BCUT2D eigenvalue weighted by atomic mass is 79.9. The molecule has 0 unspecified atom stereocenters. The van der Waals surface area contributed by atoms with Gasteiger partial charge in [0, 0.05) is 10.0 Å². The van der Waals surface area contributed by atoms with E-state index in [2.05, 4.69) is 15.9 Å². The van der Waals surface area contributed by atoms with E-state index < -0.39 is 0 Å². The van der Waals surface area contributed by atoms with Crippen LogP contribution in [0.1, 0.15) is 21.5 Å². The van der Waals surface area contributed by atoms with Gasteiger partial charge in [0.05, 0.1) is 19.8 Å². The van der Waals surface area contributed by atoms with Crippen molar-refractivity contribution in [3.05, 3.63) is 57.6 Å². The Hall–Kier alpha value is -1.81. The van der Waals surface area contributed by atoms with Crippen LogP contribution in [0.2, 0.25) is 0 Å². The summed E-state index contributed by atoms with van der Waals surface area (Å²) >= 11 is 3.44. The van der Waals surface area contributed by atoms with E-state index in [1.807, 2.05) is 19.1 Å². The van der Waals surface area contributed by atoms with Crippen LogP contribution in [0, 0.1) is 6.92 Å². The standard InChI is InChI=1S/C16H15BrO3/c1-10-12(5-4-6-14(10)17)16(18)13-9-11(19-2)7-8-15(13)20-3/h4-9H,1-3H3. The fourth-order valence-electron chi connectivity index (χ4n) is 1.99. The third kappa shape index (κ3) is 2.70. The molecule has 104 valence electrons. The second kappa shape index (κ2) is 6.09. The Morgan fingerprint density at radius 1 is 1.05 bits per heavy atom. The Bertz CT molecular complexity index is 650. The molecule has 0 heterocycles. The van der Waals surface area contributed by atoms with Crippen molar-refractivity contribution in [1.29, 1.82) is 0 Å². The molecule has 2 rings (SSSR count). The van der Waals surface area contributed by atoms with Gasteiger partial charge in [0.25, 0.3) is 0 Å². The molecule has 0 spiro atoms. The summed E-state index contributed by atoms with van der Waals surface area (Å²) in [4.78, 5) is 12.7. The lowest BCUT2D eigenvalue weighted by Gasteiger charge is -2.11. The molecule has 0 aliphatic carbocycles. The zero-order valence-electron chi connectivity index (χ0n) is 11.6. The number of carbonyl (C=O) groups excluding carboxylic acids is 1. The molecule has 0 aliphatic heterocycles. The fraction of sp³-hybridized carbons (Fsp3) is 0.188. The van der Waals surface area contributed by atoms with Gasteiger partial charge in [-0.15, -0.1) is 0 Å². The average molecular weight is 335 g/mol. The Kier molecular flexibility index (Phi) is 4.45. The van der Waals surface area contributed by atoms with E-state index in [0.717, 1.165) is 10.0 Å². The number of carbonyl (C=O) groups is 1. The van der Waals surface area contributed by atoms with Crippen molar-refractivity contribution in [2.24, 2.45) is 0 Å². The van der Waals surface area contributed by atoms with Gasteiger partial charge >= 0.3 is 0 Å². The van der Waals surface area contributed by atoms with Crippen molar-refractivity contribution < 1.29 is 14.3 Å². The maximum Gasteiger partial charge on any atom is 0.197 e. The molecular formula is C16H15BrO3. The Labute approximate surface area is 126 Å². The number of halogens is 1. The summed E-state index contributed by atoms with van der Waals surface area (Å²) < 4.78 is 11.4. The second-order valence-corrected chi connectivity index (χ2v) is 5.16. The van der Waals surface area contributed by atoms with Crippen LogP contribution >= 0.6 is 15.9 Å². The Balaban J connectivity index is 2.55. The predicted molar refractivity (Wildman–Crippen MR) is 81.9 cm³/mol. The van der Waals surface area contributed by atoms with E-state index in [9.17, 15) is 4.79 Å². The first kappa shape index (κ1) is 14.6. The summed E-state index contributed by atoms with van der Waals surface area (Å²) in [6.45, 7) is 1.91. The van der Waals surface area contributed by atoms with Gasteiger partial charge in [-0.25, -0.2) is 0 Å². The van der Waals surface area contributed by atoms with E-state index in [1.54, 1.807) is 38.5 Å². The lowest BCUT2D eigenvalue weighted by molar-refractivity contribution is 0.103. The van der Waals surface area contributed by atoms with E-state index >= 15 is 0 Å². The quantitative estimate of drug-likeness (QED) is 0.792. The highest BCUT2D eigenvalue weighted by Gasteiger charge is 2.18. The molecule has 0 N–H and O–H groups in total. The maximum atomic E-state index is 12.7. The largest absolute Gasteiger partial charge is 0.497 e. The van der Waals surface area contributed by atoms with E-state index in [0.29, 0.717) is 22.6 Å². The predicted octanol–water partition coefficient (Wildman–Crippen LogP) is 4.01. The number of hydrogen-bond donors (Lipinski definition) is 0. The van der Waals surface area contributed by atoms with Crippen LogP contribution in [0.5, 0.6) is 11.5 Å². The normalized spacial score (nSPS) is 10.2. The van der Waals surface area contributed by atoms with Crippen LogP contribution in [0.15, 0.2) is 40.9 Å². The van der Waals surface area contributed by atoms with Crippen molar-refractivity contribution in [2.45, 2.75) is 6.92 Å². The molecule has 0 aromatic heterocycles. The number of benzene rings is 2. The summed E-state index contributed by atoms with van der Waals surface area (Å²) in [6, 6.07) is 10.8. The first-order chi connectivity index (χ1) is 9.58. The third-order valence-electron chi connectivity index (χ3n) is 3.16. The van der Waals surface area contributed by atoms with Crippen molar-refractivity contribution in [3.8, 4) is 11.5 Å². The van der Waals surface area contributed by atoms with Gasteiger partial charge in [-0.3, -0.25) is 4.79 Å². The van der Waals surface area contributed by atoms with Crippen molar-refractivity contribution >= 4 is 21.7 Å². The molecule has 0 fully saturated rings. The molecule has 0 aliphatic rings. The minimum absolute atomic E-state index is 0.0837.